The van der Waals surface area contributed by atoms with Gasteiger partial charge in [-0.25, -0.2) is 0 Å². The van der Waals surface area contributed by atoms with E-state index in [4.69, 9.17) is 0 Å². The van der Waals surface area contributed by atoms with Gasteiger partial charge < -0.3 is 4.90 Å². The molecule has 0 aliphatic heterocycles. The standard InChI is InChI=1S/C14H19N5OS/c1-4-19(5-2)13(20)10(3)21-14-16-12(17-18-14)11-8-6-7-9-15-11/h6-10H,4-5H2,1-3H3,(H,16,17,18)/t10-/m0/s1. The molecule has 2 aromatic rings. The molecular weight excluding hydrogens is 286 g/mol. The van der Waals surface area contributed by atoms with Gasteiger partial charge in [0.15, 0.2) is 5.82 Å². The van der Waals surface area contributed by atoms with Crippen molar-refractivity contribution < 1.29 is 4.79 Å². The summed E-state index contributed by atoms with van der Waals surface area (Å²) in [7, 11) is 0. The summed E-state index contributed by atoms with van der Waals surface area (Å²) in [6.45, 7) is 7.26. The Kier molecular flexibility index (Phi) is 5.32. The summed E-state index contributed by atoms with van der Waals surface area (Å²) in [5.74, 6) is 0.717. The molecule has 0 aliphatic rings. The molecule has 1 atom stereocenters. The summed E-state index contributed by atoms with van der Waals surface area (Å²) < 4.78 is 0. The number of carbonyl (C=O) groups excluding carboxylic acids is 1. The molecule has 0 bridgehead atoms. The predicted molar refractivity (Wildman–Crippen MR) is 82.9 cm³/mol. The van der Waals surface area contributed by atoms with Crippen LogP contribution in [0.15, 0.2) is 29.6 Å². The van der Waals surface area contributed by atoms with E-state index in [-0.39, 0.29) is 11.2 Å². The van der Waals surface area contributed by atoms with Crippen LogP contribution in [0.5, 0.6) is 0 Å². The van der Waals surface area contributed by atoms with Gasteiger partial charge in [0, 0.05) is 19.3 Å². The van der Waals surface area contributed by atoms with Gasteiger partial charge in [-0.1, -0.05) is 17.8 Å². The minimum atomic E-state index is -0.211. The molecule has 2 aromatic heterocycles. The number of carbonyl (C=O) groups is 1. The zero-order valence-corrected chi connectivity index (χ0v) is 13.2. The molecule has 0 saturated carbocycles. The average Bonchev–Trinajstić information content (AvgIpc) is 2.97. The Labute approximate surface area is 128 Å². The van der Waals surface area contributed by atoms with Crippen molar-refractivity contribution in [2.45, 2.75) is 31.2 Å². The first-order chi connectivity index (χ1) is 10.2. The Hall–Kier alpha value is -1.89. The molecule has 0 spiro atoms. The van der Waals surface area contributed by atoms with Gasteiger partial charge in [-0.3, -0.25) is 14.9 Å². The second-order valence-corrected chi connectivity index (χ2v) is 5.76. The van der Waals surface area contributed by atoms with E-state index >= 15 is 0 Å². The van der Waals surface area contributed by atoms with Gasteiger partial charge in [0.25, 0.3) is 0 Å². The van der Waals surface area contributed by atoms with E-state index in [2.05, 4.69) is 20.2 Å². The molecule has 7 heteroatoms. The summed E-state index contributed by atoms with van der Waals surface area (Å²) in [6, 6.07) is 5.60. The van der Waals surface area contributed by atoms with Gasteiger partial charge in [0.1, 0.15) is 5.69 Å². The van der Waals surface area contributed by atoms with Gasteiger partial charge in [-0.2, -0.15) is 4.98 Å². The molecule has 0 radical (unpaired) electrons. The smallest absolute Gasteiger partial charge is 0.235 e. The van der Waals surface area contributed by atoms with E-state index in [1.54, 1.807) is 6.20 Å². The van der Waals surface area contributed by atoms with Crippen molar-refractivity contribution >= 4 is 17.7 Å². The number of nitrogens with zero attached hydrogens (tertiary/aromatic N) is 4. The van der Waals surface area contributed by atoms with Crippen LogP contribution < -0.4 is 0 Å². The summed E-state index contributed by atoms with van der Waals surface area (Å²) in [5, 5.41) is 7.34. The third kappa shape index (κ3) is 3.81. The number of H-pyrrole nitrogens is 1. The first kappa shape index (κ1) is 15.5. The topological polar surface area (TPSA) is 74.8 Å². The minimum absolute atomic E-state index is 0.106. The Balaban J connectivity index is 2.04. The van der Waals surface area contributed by atoms with Gasteiger partial charge in [0.2, 0.25) is 11.1 Å². The summed E-state index contributed by atoms with van der Waals surface area (Å²) in [5.41, 5.74) is 0.736. The third-order valence-corrected chi connectivity index (χ3v) is 4.03. The van der Waals surface area contributed by atoms with Crippen LogP contribution in [0.1, 0.15) is 20.8 Å². The van der Waals surface area contributed by atoms with Crippen LogP contribution in [0.2, 0.25) is 0 Å². The molecule has 1 amide bonds. The number of amides is 1. The molecule has 0 saturated heterocycles. The number of aromatic amines is 1. The van der Waals surface area contributed by atoms with Gasteiger partial charge in [0.05, 0.1) is 5.25 Å². The highest BCUT2D eigenvalue weighted by Crippen LogP contribution is 2.22. The van der Waals surface area contributed by atoms with E-state index < -0.39 is 0 Å². The first-order valence-corrected chi connectivity index (χ1v) is 7.82. The number of thioether (sulfide) groups is 1. The van der Waals surface area contributed by atoms with Crippen molar-refractivity contribution in [3.05, 3.63) is 24.4 Å². The van der Waals surface area contributed by atoms with Crippen LogP contribution in [0.25, 0.3) is 11.5 Å². The Bertz CT molecular complexity index is 582. The number of aromatic nitrogens is 4. The first-order valence-electron chi connectivity index (χ1n) is 6.95. The summed E-state index contributed by atoms with van der Waals surface area (Å²) in [6.07, 6.45) is 1.71. The highest BCUT2D eigenvalue weighted by Gasteiger charge is 2.21. The maximum Gasteiger partial charge on any atom is 0.235 e. The lowest BCUT2D eigenvalue weighted by Gasteiger charge is -2.21. The quantitative estimate of drug-likeness (QED) is 0.828. The third-order valence-electron chi connectivity index (χ3n) is 3.08. The fourth-order valence-corrected chi connectivity index (χ4v) is 2.73. The van der Waals surface area contributed by atoms with E-state index in [1.807, 2.05) is 43.9 Å². The number of hydrogen-bond acceptors (Lipinski definition) is 5. The van der Waals surface area contributed by atoms with Gasteiger partial charge in [-0.15, -0.1) is 5.10 Å². The Morgan fingerprint density at radius 1 is 1.38 bits per heavy atom. The SMILES string of the molecule is CCN(CC)C(=O)[C@H](C)Sc1n[nH]c(-c2ccccn2)n1. The lowest BCUT2D eigenvalue weighted by Crippen LogP contribution is -2.36. The average molecular weight is 305 g/mol. The normalized spacial score (nSPS) is 12.1. The molecular formula is C14H19N5OS. The largest absolute Gasteiger partial charge is 0.342 e. The lowest BCUT2D eigenvalue weighted by atomic mass is 10.3. The number of rotatable bonds is 6. The second kappa shape index (κ2) is 7.21. The van der Waals surface area contributed by atoms with Crippen LogP contribution in [-0.2, 0) is 4.79 Å². The van der Waals surface area contributed by atoms with Crippen molar-refractivity contribution in [2.75, 3.05) is 13.1 Å². The monoisotopic (exact) mass is 305 g/mol. The number of pyridine rings is 1. The molecule has 112 valence electrons. The molecule has 0 unspecified atom stereocenters. The Morgan fingerprint density at radius 3 is 2.76 bits per heavy atom. The Morgan fingerprint density at radius 2 is 2.14 bits per heavy atom. The molecule has 1 N–H and O–H groups in total. The lowest BCUT2D eigenvalue weighted by molar-refractivity contribution is -0.129. The molecule has 0 aromatic carbocycles. The van der Waals surface area contributed by atoms with Crippen LogP contribution >= 0.6 is 11.8 Å². The molecule has 0 fully saturated rings. The number of hydrogen-bond donors (Lipinski definition) is 1. The fraction of sp³-hybridized carbons (Fsp3) is 0.429. The maximum absolute atomic E-state index is 12.2. The van der Waals surface area contributed by atoms with Crippen molar-refractivity contribution in [1.82, 2.24) is 25.1 Å². The van der Waals surface area contributed by atoms with Crippen molar-refractivity contribution in [3.63, 3.8) is 0 Å². The van der Waals surface area contributed by atoms with Crippen LogP contribution in [0.4, 0.5) is 0 Å². The zero-order chi connectivity index (χ0) is 15.2. The van der Waals surface area contributed by atoms with E-state index in [0.29, 0.717) is 24.1 Å². The number of nitrogens with one attached hydrogen (secondary N) is 1. The second-order valence-electron chi connectivity index (χ2n) is 4.45. The predicted octanol–water partition coefficient (Wildman–Crippen LogP) is 2.22. The zero-order valence-electron chi connectivity index (χ0n) is 12.4. The van der Waals surface area contributed by atoms with Crippen LogP contribution in [0, 0.1) is 0 Å². The van der Waals surface area contributed by atoms with E-state index in [9.17, 15) is 4.79 Å². The van der Waals surface area contributed by atoms with Crippen LogP contribution in [-0.4, -0.2) is 49.3 Å². The molecule has 6 nitrogen and oxygen atoms in total. The minimum Gasteiger partial charge on any atom is -0.342 e. The maximum atomic E-state index is 12.2. The van der Waals surface area contributed by atoms with Crippen molar-refractivity contribution in [3.8, 4) is 11.5 Å². The van der Waals surface area contributed by atoms with Gasteiger partial charge in [-0.05, 0) is 32.9 Å². The molecule has 2 rings (SSSR count). The fourth-order valence-electron chi connectivity index (χ4n) is 1.92. The molecule has 21 heavy (non-hydrogen) atoms. The van der Waals surface area contributed by atoms with Gasteiger partial charge >= 0.3 is 0 Å². The van der Waals surface area contributed by atoms with E-state index in [0.717, 1.165) is 5.69 Å². The highest BCUT2D eigenvalue weighted by atomic mass is 32.2. The summed E-state index contributed by atoms with van der Waals surface area (Å²) >= 11 is 1.35. The van der Waals surface area contributed by atoms with Crippen LogP contribution in [0.3, 0.4) is 0 Å². The highest BCUT2D eigenvalue weighted by molar-refractivity contribution is 8.00. The molecule has 2 heterocycles. The van der Waals surface area contributed by atoms with Crippen molar-refractivity contribution in [1.29, 1.82) is 0 Å². The summed E-state index contributed by atoms with van der Waals surface area (Å²) in [4.78, 5) is 22.6. The molecule has 0 aliphatic carbocycles. The van der Waals surface area contributed by atoms with Crippen molar-refractivity contribution in [2.24, 2.45) is 0 Å². The van der Waals surface area contributed by atoms with E-state index in [1.165, 1.54) is 11.8 Å².